The molecular formula is C13H14N2O3. The average molecular weight is 246 g/mol. The summed E-state index contributed by atoms with van der Waals surface area (Å²) in [5.41, 5.74) is 0.791. The summed E-state index contributed by atoms with van der Waals surface area (Å²) >= 11 is 0. The van der Waals surface area contributed by atoms with E-state index < -0.39 is 5.97 Å². The predicted molar refractivity (Wildman–Crippen MR) is 66.5 cm³/mol. The summed E-state index contributed by atoms with van der Waals surface area (Å²) in [7, 11) is 1.55. The van der Waals surface area contributed by atoms with Crippen molar-refractivity contribution in [1.82, 2.24) is 9.55 Å². The van der Waals surface area contributed by atoms with Crippen molar-refractivity contribution in [3.8, 4) is 11.4 Å². The Bertz CT molecular complexity index is 575. The Balaban J connectivity index is 2.63. The van der Waals surface area contributed by atoms with Crippen LogP contribution in [0.15, 0.2) is 30.6 Å². The minimum Gasteiger partial charge on any atom is -0.497 e. The number of aromatic carboxylic acids is 1. The fraction of sp³-hybridized carbons (Fsp3) is 0.231. The zero-order valence-electron chi connectivity index (χ0n) is 10.3. The third-order valence-electron chi connectivity index (χ3n) is 2.73. The van der Waals surface area contributed by atoms with Gasteiger partial charge < -0.3 is 14.4 Å². The van der Waals surface area contributed by atoms with Gasteiger partial charge in [0, 0.05) is 24.9 Å². The Morgan fingerprint density at radius 3 is 2.89 bits per heavy atom. The number of hydrogen-bond acceptors (Lipinski definition) is 3. The van der Waals surface area contributed by atoms with Gasteiger partial charge in [-0.2, -0.15) is 0 Å². The normalized spacial score (nSPS) is 10.3. The molecule has 2 rings (SSSR count). The van der Waals surface area contributed by atoms with Crippen molar-refractivity contribution in [1.29, 1.82) is 0 Å². The SMILES string of the molecule is CCc1nccn1-c1cc(OC)ccc1C(=O)O. The number of benzene rings is 1. The number of methoxy groups -OCH3 is 1. The number of aryl methyl sites for hydroxylation is 1. The molecule has 94 valence electrons. The summed E-state index contributed by atoms with van der Waals surface area (Å²) in [6, 6.07) is 4.87. The highest BCUT2D eigenvalue weighted by Crippen LogP contribution is 2.22. The van der Waals surface area contributed by atoms with Gasteiger partial charge in [-0.1, -0.05) is 6.92 Å². The summed E-state index contributed by atoms with van der Waals surface area (Å²) in [5, 5.41) is 9.22. The van der Waals surface area contributed by atoms with Gasteiger partial charge in [0.1, 0.15) is 11.6 Å². The Morgan fingerprint density at radius 1 is 1.50 bits per heavy atom. The van der Waals surface area contributed by atoms with Crippen molar-refractivity contribution in [3.63, 3.8) is 0 Å². The number of imidazole rings is 1. The van der Waals surface area contributed by atoms with Crippen LogP contribution in [0.1, 0.15) is 23.1 Å². The highest BCUT2D eigenvalue weighted by Gasteiger charge is 2.14. The monoisotopic (exact) mass is 246 g/mol. The van der Waals surface area contributed by atoms with Crippen LogP contribution >= 0.6 is 0 Å². The van der Waals surface area contributed by atoms with Crippen molar-refractivity contribution in [2.24, 2.45) is 0 Å². The molecule has 1 heterocycles. The molecule has 0 radical (unpaired) electrons. The molecule has 0 unspecified atom stereocenters. The van der Waals surface area contributed by atoms with E-state index in [1.54, 1.807) is 36.2 Å². The molecular weight excluding hydrogens is 232 g/mol. The highest BCUT2D eigenvalue weighted by molar-refractivity contribution is 5.92. The maximum absolute atomic E-state index is 11.2. The van der Waals surface area contributed by atoms with Gasteiger partial charge in [0.05, 0.1) is 18.4 Å². The zero-order chi connectivity index (χ0) is 13.1. The third-order valence-corrected chi connectivity index (χ3v) is 2.73. The van der Waals surface area contributed by atoms with Crippen molar-refractivity contribution in [2.45, 2.75) is 13.3 Å². The van der Waals surface area contributed by atoms with E-state index >= 15 is 0 Å². The average Bonchev–Trinajstić information content (AvgIpc) is 2.85. The molecule has 1 aromatic carbocycles. The second-order valence-corrected chi connectivity index (χ2v) is 3.76. The van der Waals surface area contributed by atoms with Crippen LogP contribution in [-0.2, 0) is 6.42 Å². The first-order valence-corrected chi connectivity index (χ1v) is 5.61. The minimum atomic E-state index is -0.969. The molecule has 0 saturated heterocycles. The second-order valence-electron chi connectivity index (χ2n) is 3.76. The Kier molecular flexibility index (Phi) is 3.32. The van der Waals surface area contributed by atoms with E-state index in [0.29, 0.717) is 11.4 Å². The molecule has 0 aliphatic rings. The van der Waals surface area contributed by atoms with E-state index in [-0.39, 0.29) is 5.56 Å². The molecule has 0 fully saturated rings. The van der Waals surface area contributed by atoms with Crippen LogP contribution in [0.3, 0.4) is 0 Å². The first kappa shape index (κ1) is 12.2. The predicted octanol–water partition coefficient (Wildman–Crippen LogP) is 2.14. The maximum Gasteiger partial charge on any atom is 0.337 e. The van der Waals surface area contributed by atoms with E-state index in [4.69, 9.17) is 4.74 Å². The lowest BCUT2D eigenvalue weighted by Crippen LogP contribution is -2.07. The van der Waals surface area contributed by atoms with Crippen molar-refractivity contribution >= 4 is 5.97 Å². The molecule has 0 spiro atoms. The molecule has 0 aliphatic carbocycles. The largest absolute Gasteiger partial charge is 0.497 e. The first-order valence-electron chi connectivity index (χ1n) is 5.61. The Morgan fingerprint density at radius 2 is 2.28 bits per heavy atom. The van der Waals surface area contributed by atoms with Crippen LogP contribution in [0.25, 0.3) is 5.69 Å². The standard InChI is InChI=1S/C13H14N2O3/c1-3-12-14-6-7-15(12)11-8-9(18-2)4-5-10(11)13(16)17/h4-8H,3H2,1-2H3,(H,16,17). The van der Waals surface area contributed by atoms with E-state index in [9.17, 15) is 9.90 Å². The van der Waals surface area contributed by atoms with Gasteiger partial charge in [0.2, 0.25) is 0 Å². The van der Waals surface area contributed by atoms with Crippen molar-refractivity contribution < 1.29 is 14.6 Å². The topological polar surface area (TPSA) is 64.4 Å². The lowest BCUT2D eigenvalue weighted by molar-refractivity contribution is 0.0697. The number of ether oxygens (including phenoxy) is 1. The van der Waals surface area contributed by atoms with Crippen LogP contribution in [0.2, 0.25) is 0 Å². The van der Waals surface area contributed by atoms with Crippen molar-refractivity contribution in [3.05, 3.63) is 42.0 Å². The third kappa shape index (κ3) is 2.07. The number of rotatable bonds is 4. The number of nitrogens with zero attached hydrogens (tertiary/aromatic N) is 2. The Hall–Kier alpha value is -2.30. The lowest BCUT2D eigenvalue weighted by atomic mass is 10.1. The summed E-state index contributed by atoms with van der Waals surface area (Å²) in [6.07, 6.45) is 4.13. The van der Waals surface area contributed by atoms with Gasteiger partial charge in [0.15, 0.2) is 0 Å². The van der Waals surface area contributed by atoms with E-state index in [1.165, 1.54) is 6.07 Å². The van der Waals surface area contributed by atoms with E-state index in [1.807, 2.05) is 6.92 Å². The van der Waals surface area contributed by atoms with Gasteiger partial charge in [0.25, 0.3) is 0 Å². The zero-order valence-corrected chi connectivity index (χ0v) is 10.3. The highest BCUT2D eigenvalue weighted by atomic mass is 16.5. The summed E-state index contributed by atoms with van der Waals surface area (Å²) < 4.78 is 6.90. The maximum atomic E-state index is 11.2. The molecule has 5 heteroatoms. The molecule has 0 aliphatic heterocycles. The molecule has 0 bridgehead atoms. The molecule has 2 aromatic rings. The molecule has 0 amide bonds. The van der Waals surface area contributed by atoms with Crippen LogP contribution in [-0.4, -0.2) is 27.7 Å². The lowest BCUT2D eigenvalue weighted by Gasteiger charge is -2.11. The van der Waals surface area contributed by atoms with Gasteiger partial charge in [-0.05, 0) is 12.1 Å². The second kappa shape index (κ2) is 4.91. The molecule has 0 atom stereocenters. The Labute approximate surface area is 105 Å². The van der Waals surface area contributed by atoms with Crippen molar-refractivity contribution in [2.75, 3.05) is 7.11 Å². The number of hydrogen-bond donors (Lipinski definition) is 1. The minimum absolute atomic E-state index is 0.225. The summed E-state index contributed by atoms with van der Waals surface area (Å²) in [4.78, 5) is 15.4. The van der Waals surface area contributed by atoms with Crippen LogP contribution < -0.4 is 4.74 Å². The number of aromatic nitrogens is 2. The van der Waals surface area contributed by atoms with Crippen LogP contribution in [0.4, 0.5) is 0 Å². The van der Waals surface area contributed by atoms with E-state index in [2.05, 4.69) is 4.98 Å². The number of carbonyl (C=O) groups is 1. The summed E-state index contributed by atoms with van der Waals surface area (Å²) in [5.74, 6) is 0.458. The fourth-order valence-electron chi connectivity index (χ4n) is 1.83. The fourth-order valence-corrected chi connectivity index (χ4v) is 1.83. The quantitative estimate of drug-likeness (QED) is 0.897. The summed E-state index contributed by atoms with van der Waals surface area (Å²) in [6.45, 7) is 1.97. The van der Waals surface area contributed by atoms with Gasteiger partial charge in [-0.25, -0.2) is 9.78 Å². The van der Waals surface area contributed by atoms with Crippen LogP contribution in [0, 0.1) is 0 Å². The van der Waals surface area contributed by atoms with Gasteiger partial charge >= 0.3 is 5.97 Å². The van der Waals surface area contributed by atoms with E-state index in [0.717, 1.165) is 12.2 Å². The molecule has 0 saturated carbocycles. The first-order chi connectivity index (χ1) is 8.67. The molecule has 18 heavy (non-hydrogen) atoms. The molecule has 1 N–H and O–H groups in total. The molecule has 1 aromatic heterocycles. The van der Waals surface area contributed by atoms with Gasteiger partial charge in [-0.15, -0.1) is 0 Å². The smallest absolute Gasteiger partial charge is 0.337 e. The number of carboxylic acid groups (broad SMARTS) is 1. The van der Waals surface area contributed by atoms with Crippen LogP contribution in [0.5, 0.6) is 5.75 Å². The van der Waals surface area contributed by atoms with Gasteiger partial charge in [-0.3, -0.25) is 0 Å². The molecule has 5 nitrogen and oxygen atoms in total. The number of carboxylic acids is 1.